The molecule has 0 aromatic carbocycles. The van der Waals surface area contributed by atoms with Gasteiger partial charge in [-0.3, -0.25) is 4.79 Å². The molecule has 0 saturated heterocycles. The lowest BCUT2D eigenvalue weighted by atomic mass is 9.91. The van der Waals surface area contributed by atoms with Gasteiger partial charge in [-0.05, 0) is 61.3 Å². The second-order valence-electron chi connectivity index (χ2n) is 13.7. The topological polar surface area (TPSA) is 103 Å². The Balaban J connectivity index is 3.63. The van der Waals surface area contributed by atoms with Gasteiger partial charge >= 0.3 is 0 Å². The molecule has 0 aliphatic rings. The molecule has 0 aliphatic carbocycles. The summed E-state index contributed by atoms with van der Waals surface area (Å²) in [6, 6.07) is 0. The van der Waals surface area contributed by atoms with Crippen molar-refractivity contribution in [2.24, 2.45) is 5.41 Å². The molecule has 0 spiro atoms. The van der Waals surface area contributed by atoms with Gasteiger partial charge in [-0.1, -0.05) is 20.8 Å². The third-order valence-corrected chi connectivity index (χ3v) is 6.24. The normalized spacial score (nSPS) is 13.2. The standard InChI is InChI=1S/C32H65NO9/c1-29(2,3)28(34)27-40-22-21-37-18-20-39-24-26-42-32(9,10)12-11-31(7,8)33-13-14-35-15-16-36-17-19-38-23-25-41-30(4,5)6/h33H,11-27H2,1-10H3. The number of carbonyl (C=O) groups excluding carboxylic acids is 1. The van der Waals surface area contributed by atoms with Crippen LogP contribution in [0.4, 0.5) is 0 Å². The molecule has 0 saturated carbocycles. The Morgan fingerprint density at radius 2 is 0.905 bits per heavy atom. The van der Waals surface area contributed by atoms with E-state index >= 15 is 0 Å². The third kappa shape index (κ3) is 28.1. The summed E-state index contributed by atoms with van der Waals surface area (Å²) in [6.07, 6.45) is 1.90. The number of nitrogens with one attached hydrogen (secondary N) is 1. The molecule has 0 rings (SSSR count). The molecule has 0 atom stereocenters. The molecular weight excluding hydrogens is 542 g/mol. The monoisotopic (exact) mass is 607 g/mol. The average Bonchev–Trinajstić information content (AvgIpc) is 2.87. The van der Waals surface area contributed by atoms with E-state index in [0.717, 1.165) is 19.4 Å². The third-order valence-electron chi connectivity index (χ3n) is 6.24. The number of ketones is 1. The predicted molar refractivity (Wildman–Crippen MR) is 166 cm³/mol. The van der Waals surface area contributed by atoms with E-state index in [2.05, 4.69) is 33.0 Å². The molecule has 0 heterocycles. The van der Waals surface area contributed by atoms with Crippen LogP contribution in [0.5, 0.6) is 0 Å². The molecule has 0 aromatic heterocycles. The van der Waals surface area contributed by atoms with E-state index < -0.39 is 0 Å². The van der Waals surface area contributed by atoms with Gasteiger partial charge in [0.2, 0.25) is 0 Å². The first-order chi connectivity index (χ1) is 19.5. The van der Waals surface area contributed by atoms with Crippen molar-refractivity contribution in [3.05, 3.63) is 0 Å². The molecule has 0 aromatic rings. The lowest BCUT2D eigenvalue weighted by Gasteiger charge is -2.32. The molecule has 10 nitrogen and oxygen atoms in total. The maximum Gasteiger partial charge on any atom is 0.163 e. The highest BCUT2D eigenvalue weighted by molar-refractivity contribution is 5.84. The molecule has 0 aliphatic heterocycles. The zero-order valence-electron chi connectivity index (χ0n) is 28.7. The minimum absolute atomic E-state index is 0.0217. The van der Waals surface area contributed by atoms with Crippen molar-refractivity contribution in [3.8, 4) is 0 Å². The minimum Gasteiger partial charge on any atom is -0.378 e. The summed E-state index contributed by atoms with van der Waals surface area (Å²) < 4.78 is 44.8. The predicted octanol–water partition coefficient (Wildman–Crippen LogP) is 4.46. The number of ether oxygens (including phenoxy) is 8. The molecule has 0 fully saturated rings. The number of hydrogen-bond donors (Lipinski definition) is 1. The molecular formula is C32H65NO9. The summed E-state index contributed by atoms with van der Waals surface area (Å²) in [5.41, 5.74) is -0.761. The van der Waals surface area contributed by atoms with Gasteiger partial charge in [0.1, 0.15) is 6.61 Å². The van der Waals surface area contributed by atoms with Crippen LogP contribution in [0, 0.1) is 5.41 Å². The fourth-order valence-corrected chi connectivity index (χ4v) is 3.38. The van der Waals surface area contributed by atoms with Crippen molar-refractivity contribution >= 4 is 5.78 Å². The van der Waals surface area contributed by atoms with Gasteiger partial charge in [0.05, 0.1) is 97.1 Å². The second kappa shape index (κ2) is 22.8. The smallest absolute Gasteiger partial charge is 0.163 e. The summed E-state index contributed by atoms with van der Waals surface area (Å²) in [6.45, 7) is 28.2. The Hall–Kier alpha value is -0.690. The molecule has 0 amide bonds. The Morgan fingerprint density at radius 1 is 0.500 bits per heavy atom. The Morgan fingerprint density at radius 3 is 1.36 bits per heavy atom. The van der Waals surface area contributed by atoms with E-state index in [-0.39, 0.29) is 34.5 Å². The summed E-state index contributed by atoms with van der Waals surface area (Å²) in [4.78, 5) is 11.8. The zero-order valence-corrected chi connectivity index (χ0v) is 28.7. The quantitative estimate of drug-likeness (QED) is 0.128. The van der Waals surface area contributed by atoms with Crippen molar-refractivity contribution in [2.45, 2.75) is 98.8 Å². The Bertz CT molecular complexity index is 657. The van der Waals surface area contributed by atoms with Crippen molar-refractivity contribution in [3.63, 3.8) is 0 Å². The molecule has 42 heavy (non-hydrogen) atoms. The molecule has 1 N–H and O–H groups in total. The molecule has 0 radical (unpaired) electrons. The van der Waals surface area contributed by atoms with Crippen molar-refractivity contribution in [2.75, 3.05) is 99.0 Å². The lowest BCUT2D eigenvalue weighted by Crippen LogP contribution is -2.43. The van der Waals surface area contributed by atoms with E-state index in [9.17, 15) is 4.79 Å². The first kappa shape index (κ1) is 41.3. The second-order valence-corrected chi connectivity index (χ2v) is 13.7. The van der Waals surface area contributed by atoms with Crippen LogP contribution in [0.15, 0.2) is 0 Å². The summed E-state index contributed by atoms with van der Waals surface area (Å²) in [5.74, 6) is 0.0905. The van der Waals surface area contributed by atoms with Gasteiger partial charge in [-0.15, -0.1) is 0 Å². The van der Waals surface area contributed by atoms with Crippen LogP contribution >= 0.6 is 0 Å². The summed E-state index contributed by atoms with van der Waals surface area (Å²) >= 11 is 0. The van der Waals surface area contributed by atoms with Gasteiger partial charge in [-0.2, -0.15) is 0 Å². The van der Waals surface area contributed by atoms with Gasteiger partial charge in [-0.25, -0.2) is 0 Å². The van der Waals surface area contributed by atoms with E-state index in [4.69, 9.17) is 37.9 Å². The highest BCUT2D eigenvalue weighted by atomic mass is 16.6. The highest BCUT2D eigenvalue weighted by Crippen LogP contribution is 2.22. The maximum atomic E-state index is 11.8. The van der Waals surface area contributed by atoms with Crippen molar-refractivity contribution < 1.29 is 42.7 Å². The fourth-order valence-electron chi connectivity index (χ4n) is 3.38. The largest absolute Gasteiger partial charge is 0.378 e. The highest BCUT2D eigenvalue weighted by Gasteiger charge is 2.24. The molecule has 0 unspecified atom stereocenters. The number of hydrogen-bond acceptors (Lipinski definition) is 10. The first-order valence-corrected chi connectivity index (χ1v) is 15.6. The van der Waals surface area contributed by atoms with Crippen molar-refractivity contribution in [1.82, 2.24) is 5.32 Å². The molecule has 0 bridgehead atoms. The zero-order chi connectivity index (χ0) is 32.0. The van der Waals surface area contributed by atoms with E-state index in [1.807, 2.05) is 41.5 Å². The minimum atomic E-state index is -0.371. The van der Waals surface area contributed by atoms with Crippen LogP contribution in [0.2, 0.25) is 0 Å². The van der Waals surface area contributed by atoms with Crippen molar-refractivity contribution in [1.29, 1.82) is 0 Å². The van der Waals surface area contributed by atoms with Gasteiger partial charge in [0.25, 0.3) is 0 Å². The lowest BCUT2D eigenvalue weighted by molar-refractivity contribution is -0.131. The van der Waals surface area contributed by atoms with Crippen LogP contribution in [-0.4, -0.2) is 122 Å². The van der Waals surface area contributed by atoms with Crippen LogP contribution in [0.3, 0.4) is 0 Å². The Kier molecular flexibility index (Phi) is 22.4. The number of carbonyl (C=O) groups is 1. The van der Waals surface area contributed by atoms with Crippen LogP contribution < -0.4 is 5.32 Å². The van der Waals surface area contributed by atoms with Gasteiger partial charge < -0.3 is 43.2 Å². The number of rotatable bonds is 28. The van der Waals surface area contributed by atoms with Crippen LogP contribution in [-0.2, 0) is 42.7 Å². The van der Waals surface area contributed by atoms with Gasteiger partial charge in [0.15, 0.2) is 5.78 Å². The van der Waals surface area contributed by atoms with E-state index in [1.54, 1.807) is 0 Å². The average molecular weight is 608 g/mol. The van der Waals surface area contributed by atoms with E-state index in [1.165, 1.54) is 0 Å². The van der Waals surface area contributed by atoms with Gasteiger partial charge in [0, 0.05) is 17.5 Å². The summed E-state index contributed by atoms with van der Waals surface area (Å²) in [5, 5.41) is 3.58. The SMILES string of the molecule is CC(C)(CCC(C)(C)OCCOCCOCCOCC(=O)C(C)(C)C)NCCOCCOCCOCCOC(C)(C)C. The number of Topliss-reactive ketones (excluding diaryl/α,β-unsaturated/α-hetero) is 1. The first-order valence-electron chi connectivity index (χ1n) is 15.6. The van der Waals surface area contributed by atoms with E-state index in [0.29, 0.717) is 85.9 Å². The van der Waals surface area contributed by atoms with Crippen LogP contribution in [0.25, 0.3) is 0 Å². The maximum absolute atomic E-state index is 11.8. The fraction of sp³-hybridized carbons (Fsp3) is 0.969. The Labute approximate surface area is 257 Å². The summed E-state index contributed by atoms with van der Waals surface area (Å²) in [7, 11) is 0. The molecule has 10 heteroatoms. The molecule has 252 valence electrons. The van der Waals surface area contributed by atoms with Crippen LogP contribution in [0.1, 0.15) is 82.1 Å².